The average Bonchev–Trinajstić information content (AvgIpc) is 3.05. The minimum atomic E-state index is -0.0613. The van der Waals surface area contributed by atoms with Gasteiger partial charge in [0.05, 0.1) is 23.2 Å². The monoisotopic (exact) mass is 247 g/mol. The second-order valence-corrected chi connectivity index (χ2v) is 7.11. The minimum absolute atomic E-state index is 0.0613. The standard InChI is InChI=1S/C16H25NO/c1-13-4-8-15(10-13,12-17)11-14-5-9-16(18-14)6-2-3-7-16/h13-14H,2-11H2,1H3. The van der Waals surface area contributed by atoms with Crippen molar-refractivity contribution in [3.63, 3.8) is 0 Å². The molecular weight excluding hydrogens is 222 g/mol. The summed E-state index contributed by atoms with van der Waals surface area (Å²) in [7, 11) is 0. The summed E-state index contributed by atoms with van der Waals surface area (Å²) in [5.74, 6) is 0.728. The zero-order chi connectivity index (χ0) is 12.6. The van der Waals surface area contributed by atoms with Gasteiger partial charge in [-0.3, -0.25) is 0 Å². The molecule has 0 bridgehead atoms. The number of nitriles is 1. The lowest BCUT2D eigenvalue weighted by molar-refractivity contribution is -0.0485. The van der Waals surface area contributed by atoms with Crippen molar-refractivity contribution >= 4 is 0 Å². The van der Waals surface area contributed by atoms with Crippen LogP contribution in [0.5, 0.6) is 0 Å². The molecule has 3 aliphatic rings. The van der Waals surface area contributed by atoms with Crippen LogP contribution in [0.15, 0.2) is 0 Å². The molecule has 0 aromatic rings. The Morgan fingerprint density at radius 1 is 1.17 bits per heavy atom. The molecule has 1 heterocycles. The van der Waals surface area contributed by atoms with Crippen molar-refractivity contribution in [1.82, 2.24) is 0 Å². The lowest BCUT2D eigenvalue weighted by Crippen LogP contribution is -2.28. The Bertz CT molecular complexity index is 353. The van der Waals surface area contributed by atoms with Crippen LogP contribution in [0.1, 0.15) is 71.1 Å². The summed E-state index contributed by atoms with van der Waals surface area (Å²) >= 11 is 0. The highest BCUT2D eigenvalue weighted by Gasteiger charge is 2.46. The van der Waals surface area contributed by atoms with Crippen LogP contribution in [0.2, 0.25) is 0 Å². The van der Waals surface area contributed by atoms with E-state index in [1.54, 1.807) is 0 Å². The summed E-state index contributed by atoms with van der Waals surface area (Å²) in [4.78, 5) is 0. The summed E-state index contributed by atoms with van der Waals surface area (Å²) < 4.78 is 6.38. The number of nitrogens with zero attached hydrogens (tertiary/aromatic N) is 1. The summed E-state index contributed by atoms with van der Waals surface area (Å²) in [5, 5.41) is 9.55. The maximum atomic E-state index is 9.55. The van der Waals surface area contributed by atoms with E-state index in [9.17, 15) is 5.26 Å². The van der Waals surface area contributed by atoms with Crippen LogP contribution in [0, 0.1) is 22.7 Å². The largest absolute Gasteiger partial charge is 0.372 e. The molecule has 3 atom stereocenters. The molecule has 3 rings (SSSR count). The SMILES string of the molecule is CC1CCC(C#N)(CC2CCC3(CCCC3)O2)C1. The lowest BCUT2D eigenvalue weighted by Gasteiger charge is -2.28. The van der Waals surface area contributed by atoms with E-state index in [4.69, 9.17) is 4.74 Å². The molecule has 0 aromatic carbocycles. The Hall–Kier alpha value is -0.550. The first kappa shape index (κ1) is 12.5. The van der Waals surface area contributed by atoms with E-state index in [2.05, 4.69) is 13.0 Å². The Morgan fingerprint density at radius 2 is 1.94 bits per heavy atom. The van der Waals surface area contributed by atoms with Gasteiger partial charge in [0.25, 0.3) is 0 Å². The smallest absolute Gasteiger partial charge is 0.0690 e. The fourth-order valence-electron chi connectivity index (χ4n) is 4.59. The van der Waals surface area contributed by atoms with Crippen molar-refractivity contribution in [3.05, 3.63) is 0 Å². The molecule has 2 aliphatic carbocycles. The Labute approximate surface area is 111 Å². The number of hydrogen-bond acceptors (Lipinski definition) is 2. The maximum Gasteiger partial charge on any atom is 0.0690 e. The van der Waals surface area contributed by atoms with Crippen molar-refractivity contribution in [2.45, 2.75) is 82.8 Å². The third-order valence-corrected chi connectivity index (χ3v) is 5.56. The molecule has 1 saturated heterocycles. The zero-order valence-corrected chi connectivity index (χ0v) is 11.6. The van der Waals surface area contributed by atoms with Crippen molar-refractivity contribution in [1.29, 1.82) is 5.26 Å². The van der Waals surface area contributed by atoms with Crippen LogP contribution >= 0.6 is 0 Å². The van der Waals surface area contributed by atoms with E-state index < -0.39 is 0 Å². The highest BCUT2D eigenvalue weighted by Crippen LogP contribution is 2.50. The van der Waals surface area contributed by atoms with E-state index in [0.29, 0.717) is 6.10 Å². The van der Waals surface area contributed by atoms with Crippen molar-refractivity contribution < 1.29 is 4.74 Å². The van der Waals surface area contributed by atoms with E-state index in [1.807, 2.05) is 0 Å². The van der Waals surface area contributed by atoms with Gasteiger partial charge in [-0.2, -0.15) is 5.26 Å². The topological polar surface area (TPSA) is 33.0 Å². The lowest BCUT2D eigenvalue weighted by atomic mass is 9.81. The zero-order valence-electron chi connectivity index (χ0n) is 11.6. The third kappa shape index (κ3) is 2.18. The van der Waals surface area contributed by atoms with Crippen LogP contribution < -0.4 is 0 Å². The van der Waals surface area contributed by atoms with Crippen LogP contribution in [0.25, 0.3) is 0 Å². The van der Waals surface area contributed by atoms with Gasteiger partial charge in [0.2, 0.25) is 0 Å². The Balaban J connectivity index is 1.62. The van der Waals surface area contributed by atoms with Gasteiger partial charge in [0.15, 0.2) is 0 Å². The molecule has 2 nitrogen and oxygen atoms in total. The molecule has 2 heteroatoms. The number of hydrogen-bond donors (Lipinski definition) is 0. The highest BCUT2D eigenvalue weighted by molar-refractivity contribution is 5.06. The first-order valence-electron chi connectivity index (χ1n) is 7.75. The summed E-state index contributed by atoms with van der Waals surface area (Å²) in [6, 6.07) is 2.63. The quantitative estimate of drug-likeness (QED) is 0.732. The highest BCUT2D eigenvalue weighted by atomic mass is 16.5. The molecule has 100 valence electrons. The molecule has 18 heavy (non-hydrogen) atoms. The summed E-state index contributed by atoms with van der Waals surface area (Å²) in [6.45, 7) is 2.28. The molecule has 0 aromatic heterocycles. The molecule has 3 unspecified atom stereocenters. The van der Waals surface area contributed by atoms with Crippen molar-refractivity contribution in [3.8, 4) is 6.07 Å². The average molecular weight is 247 g/mol. The normalized spacial score (nSPS) is 42.4. The maximum absolute atomic E-state index is 9.55. The van der Waals surface area contributed by atoms with Gasteiger partial charge in [0, 0.05) is 0 Å². The van der Waals surface area contributed by atoms with Crippen LogP contribution in [0.4, 0.5) is 0 Å². The second kappa shape index (κ2) is 4.53. The fraction of sp³-hybridized carbons (Fsp3) is 0.938. The minimum Gasteiger partial charge on any atom is -0.372 e. The van der Waals surface area contributed by atoms with E-state index >= 15 is 0 Å². The first-order valence-corrected chi connectivity index (χ1v) is 7.75. The van der Waals surface area contributed by atoms with Gasteiger partial charge >= 0.3 is 0 Å². The summed E-state index contributed by atoms with van der Waals surface area (Å²) in [6.07, 6.45) is 12.4. The Kier molecular flexibility index (Phi) is 3.14. The molecule has 2 saturated carbocycles. The summed E-state index contributed by atoms with van der Waals surface area (Å²) in [5.41, 5.74) is 0.166. The van der Waals surface area contributed by atoms with Crippen LogP contribution in [-0.4, -0.2) is 11.7 Å². The van der Waals surface area contributed by atoms with E-state index in [1.165, 1.54) is 44.9 Å². The molecular formula is C16H25NO. The van der Waals surface area contributed by atoms with Gasteiger partial charge in [-0.25, -0.2) is 0 Å². The van der Waals surface area contributed by atoms with Crippen LogP contribution in [-0.2, 0) is 4.74 Å². The van der Waals surface area contributed by atoms with Gasteiger partial charge < -0.3 is 4.74 Å². The van der Waals surface area contributed by atoms with Crippen molar-refractivity contribution in [2.24, 2.45) is 11.3 Å². The van der Waals surface area contributed by atoms with Gasteiger partial charge in [-0.15, -0.1) is 0 Å². The predicted molar refractivity (Wildman–Crippen MR) is 71.0 cm³/mol. The number of rotatable bonds is 2. The van der Waals surface area contributed by atoms with Gasteiger partial charge in [-0.1, -0.05) is 19.8 Å². The molecule has 0 amide bonds. The van der Waals surface area contributed by atoms with E-state index in [-0.39, 0.29) is 11.0 Å². The molecule has 1 aliphatic heterocycles. The fourth-order valence-corrected chi connectivity index (χ4v) is 4.59. The third-order valence-electron chi connectivity index (χ3n) is 5.56. The molecule has 0 N–H and O–H groups in total. The molecule has 0 radical (unpaired) electrons. The van der Waals surface area contributed by atoms with Crippen molar-refractivity contribution in [2.75, 3.05) is 0 Å². The predicted octanol–water partition coefficient (Wildman–Crippen LogP) is 4.20. The Morgan fingerprint density at radius 3 is 2.56 bits per heavy atom. The van der Waals surface area contributed by atoms with Gasteiger partial charge in [-0.05, 0) is 57.3 Å². The van der Waals surface area contributed by atoms with E-state index in [0.717, 1.165) is 25.2 Å². The van der Waals surface area contributed by atoms with Crippen LogP contribution in [0.3, 0.4) is 0 Å². The number of ether oxygens (including phenoxy) is 1. The van der Waals surface area contributed by atoms with Gasteiger partial charge in [0.1, 0.15) is 0 Å². The molecule has 3 fully saturated rings. The first-order chi connectivity index (χ1) is 8.65. The molecule has 1 spiro atoms. The second-order valence-electron chi connectivity index (χ2n) is 7.11.